The number of aryl methyl sites for hydroxylation is 1. The standard InChI is InChI=1S/C15H16O6/c1-3-19-14(17)10-6-11(16)8-12(7-10)21-15(18)13-5-4-9(2)20-13/h4-5,8,10H,3,6-7H2,1-2H3. The highest BCUT2D eigenvalue weighted by Gasteiger charge is 2.30. The fourth-order valence-electron chi connectivity index (χ4n) is 2.07. The number of allylic oxidation sites excluding steroid dienone is 2. The Kier molecular flexibility index (Phi) is 4.57. The molecule has 0 spiro atoms. The lowest BCUT2D eigenvalue weighted by Gasteiger charge is -2.19. The summed E-state index contributed by atoms with van der Waals surface area (Å²) < 4.78 is 15.2. The highest BCUT2D eigenvalue weighted by molar-refractivity contribution is 5.95. The van der Waals surface area contributed by atoms with E-state index in [0.717, 1.165) is 0 Å². The van der Waals surface area contributed by atoms with E-state index in [1.54, 1.807) is 19.9 Å². The van der Waals surface area contributed by atoms with Gasteiger partial charge in [-0.3, -0.25) is 9.59 Å². The monoisotopic (exact) mass is 292 g/mol. The molecule has 6 nitrogen and oxygen atoms in total. The molecule has 112 valence electrons. The van der Waals surface area contributed by atoms with Crippen molar-refractivity contribution in [1.29, 1.82) is 0 Å². The summed E-state index contributed by atoms with van der Waals surface area (Å²) in [5.41, 5.74) is 0. The minimum Gasteiger partial charge on any atom is -0.466 e. The molecule has 1 aromatic rings. The zero-order chi connectivity index (χ0) is 15.4. The zero-order valence-electron chi connectivity index (χ0n) is 11.9. The van der Waals surface area contributed by atoms with Gasteiger partial charge >= 0.3 is 11.9 Å². The van der Waals surface area contributed by atoms with Crippen molar-refractivity contribution in [3.63, 3.8) is 0 Å². The summed E-state index contributed by atoms with van der Waals surface area (Å²) in [6.45, 7) is 3.64. The molecule has 1 atom stereocenters. The number of carbonyl (C=O) groups excluding carboxylic acids is 3. The summed E-state index contributed by atoms with van der Waals surface area (Å²) in [5.74, 6) is -1.23. The Hall–Kier alpha value is -2.37. The van der Waals surface area contributed by atoms with Crippen LogP contribution < -0.4 is 0 Å². The minimum absolute atomic E-state index is 0.0547. The van der Waals surface area contributed by atoms with Crippen LogP contribution >= 0.6 is 0 Å². The molecule has 0 saturated carbocycles. The molecule has 0 N–H and O–H groups in total. The lowest BCUT2D eigenvalue weighted by atomic mass is 9.92. The molecule has 0 saturated heterocycles. The largest absolute Gasteiger partial charge is 0.466 e. The van der Waals surface area contributed by atoms with Gasteiger partial charge in [0.05, 0.1) is 12.5 Å². The Balaban J connectivity index is 2.04. The summed E-state index contributed by atoms with van der Waals surface area (Å²) in [5, 5.41) is 0. The first kappa shape index (κ1) is 15.0. The van der Waals surface area contributed by atoms with Gasteiger partial charge in [-0.15, -0.1) is 0 Å². The number of hydrogen-bond donors (Lipinski definition) is 0. The number of rotatable bonds is 4. The van der Waals surface area contributed by atoms with Crippen molar-refractivity contribution in [2.24, 2.45) is 5.92 Å². The molecule has 1 aliphatic carbocycles. The van der Waals surface area contributed by atoms with E-state index < -0.39 is 17.9 Å². The Labute approximate surface area is 121 Å². The Morgan fingerprint density at radius 2 is 2.10 bits per heavy atom. The average Bonchev–Trinajstić information content (AvgIpc) is 2.85. The Morgan fingerprint density at radius 3 is 2.71 bits per heavy atom. The number of carbonyl (C=O) groups is 3. The van der Waals surface area contributed by atoms with Crippen LogP contribution in [0, 0.1) is 12.8 Å². The fraction of sp³-hybridized carbons (Fsp3) is 0.400. The van der Waals surface area contributed by atoms with Gasteiger partial charge in [-0.05, 0) is 26.0 Å². The molecule has 1 aromatic heterocycles. The lowest BCUT2D eigenvalue weighted by molar-refractivity contribution is -0.149. The van der Waals surface area contributed by atoms with Gasteiger partial charge in [-0.2, -0.15) is 0 Å². The molecule has 21 heavy (non-hydrogen) atoms. The van der Waals surface area contributed by atoms with Gasteiger partial charge in [0.15, 0.2) is 5.78 Å². The number of hydrogen-bond acceptors (Lipinski definition) is 6. The average molecular weight is 292 g/mol. The van der Waals surface area contributed by atoms with Gasteiger partial charge in [0, 0.05) is 18.9 Å². The van der Waals surface area contributed by atoms with Crippen molar-refractivity contribution in [2.75, 3.05) is 6.61 Å². The number of esters is 2. The van der Waals surface area contributed by atoms with Crippen LogP contribution in [0.2, 0.25) is 0 Å². The van der Waals surface area contributed by atoms with Crippen LogP contribution in [0.5, 0.6) is 0 Å². The molecular formula is C15H16O6. The first-order valence-electron chi connectivity index (χ1n) is 6.68. The summed E-state index contributed by atoms with van der Waals surface area (Å²) in [6, 6.07) is 3.13. The van der Waals surface area contributed by atoms with Crippen molar-refractivity contribution in [2.45, 2.75) is 26.7 Å². The maximum Gasteiger partial charge on any atom is 0.379 e. The quantitative estimate of drug-likeness (QED) is 0.791. The van der Waals surface area contributed by atoms with E-state index in [0.29, 0.717) is 5.76 Å². The highest BCUT2D eigenvalue weighted by Crippen LogP contribution is 2.25. The van der Waals surface area contributed by atoms with Gasteiger partial charge in [0.25, 0.3) is 0 Å². The normalized spacial score (nSPS) is 18.1. The third kappa shape index (κ3) is 3.81. The maximum absolute atomic E-state index is 11.9. The topological polar surface area (TPSA) is 82.8 Å². The zero-order valence-corrected chi connectivity index (χ0v) is 11.9. The molecule has 1 heterocycles. The van der Waals surface area contributed by atoms with Crippen molar-refractivity contribution in [1.82, 2.24) is 0 Å². The molecule has 0 aliphatic heterocycles. The molecule has 0 bridgehead atoms. The molecule has 0 fully saturated rings. The van der Waals surface area contributed by atoms with Gasteiger partial charge in [0.2, 0.25) is 5.76 Å². The molecule has 0 amide bonds. The molecule has 0 aromatic carbocycles. The predicted octanol–water partition coefficient (Wildman–Crippen LogP) is 2.17. The maximum atomic E-state index is 11.9. The van der Waals surface area contributed by atoms with Crippen LogP contribution in [0.4, 0.5) is 0 Å². The van der Waals surface area contributed by atoms with Gasteiger partial charge in [0.1, 0.15) is 11.5 Å². The summed E-state index contributed by atoms with van der Waals surface area (Å²) in [7, 11) is 0. The van der Waals surface area contributed by atoms with Crippen LogP contribution in [0.15, 0.2) is 28.4 Å². The second-order valence-electron chi connectivity index (χ2n) is 4.73. The van der Waals surface area contributed by atoms with Gasteiger partial charge in [-0.1, -0.05) is 0 Å². The van der Waals surface area contributed by atoms with E-state index in [-0.39, 0.29) is 36.8 Å². The van der Waals surface area contributed by atoms with Crippen molar-refractivity contribution in [3.05, 3.63) is 35.5 Å². The smallest absolute Gasteiger partial charge is 0.379 e. The molecule has 1 unspecified atom stereocenters. The van der Waals surface area contributed by atoms with Crippen LogP contribution in [0.25, 0.3) is 0 Å². The molecule has 2 rings (SSSR count). The van der Waals surface area contributed by atoms with E-state index in [1.807, 2.05) is 0 Å². The third-order valence-corrected chi connectivity index (χ3v) is 3.00. The number of furan rings is 1. The lowest BCUT2D eigenvalue weighted by Crippen LogP contribution is -2.25. The van der Waals surface area contributed by atoms with Gasteiger partial charge in [-0.25, -0.2) is 4.79 Å². The molecule has 1 aliphatic rings. The van der Waals surface area contributed by atoms with E-state index >= 15 is 0 Å². The number of ether oxygens (including phenoxy) is 2. The second-order valence-corrected chi connectivity index (χ2v) is 4.73. The molecule has 6 heteroatoms. The summed E-state index contributed by atoms with van der Waals surface area (Å²) in [6.07, 6.45) is 1.47. The van der Waals surface area contributed by atoms with E-state index in [1.165, 1.54) is 12.1 Å². The summed E-state index contributed by atoms with van der Waals surface area (Å²) in [4.78, 5) is 35.2. The minimum atomic E-state index is -0.688. The fourth-order valence-corrected chi connectivity index (χ4v) is 2.07. The first-order valence-corrected chi connectivity index (χ1v) is 6.68. The highest BCUT2D eigenvalue weighted by atomic mass is 16.6. The van der Waals surface area contributed by atoms with Gasteiger partial charge < -0.3 is 13.9 Å². The summed E-state index contributed by atoms with van der Waals surface area (Å²) >= 11 is 0. The van der Waals surface area contributed by atoms with Crippen LogP contribution in [0.1, 0.15) is 36.1 Å². The Morgan fingerprint density at radius 1 is 1.33 bits per heavy atom. The van der Waals surface area contributed by atoms with Crippen molar-refractivity contribution < 1.29 is 28.3 Å². The van der Waals surface area contributed by atoms with E-state index in [9.17, 15) is 14.4 Å². The molecular weight excluding hydrogens is 276 g/mol. The van der Waals surface area contributed by atoms with Crippen molar-refractivity contribution >= 4 is 17.7 Å². The number of ketones is 1. The third-order valence-electron chi connectivity index (χ3n) is 3.00. The first-order chi connectivity index (χ1) is 9.99. The van der Waals surface area contributed by atoms with E-state index in [4.69, 9.17) is 13.9 Å². The van der Waals surface area contributed by atoms with Crippen LogP contribution in [-0.4, -0.2) is 24.3 Å². The Bertz CT molecular complexity index is 595. The van der Waals surface area contributed by atoms with E-state index in [2.05, 4.69) is 0 Å². The van der Waals surface area contributed by atoms with Crippen LogP contribution in [-0.2, 0) is 19.1 Å². The van der Waals surface area contributed by atoms with Crippen molar-refractivity contribution in [3.8, 4) is 0 Å². The predicted molar refractivity (Wildman–Crippen MR) is 71.3 cm³/mol. The second kappa shape index (κ2) is 6.39. The SMILES string of the molecule is CCOC(=O)C1CC(=O)C=C(OC(=O)c2ccc(C)o2)C1. The molecule has 0 radical (unpaired) electrons. The van der Waals surface area contributed by atoms with Crippen LogP contribution in [0.3, 0.4) is 0 Å².